The van der Waals surface area contributed by atoms with Gasteiger partial charge in [0.05, 0.1) is 5.71 Å². The third-order valence-corrected chi connectivity index (χ3v) is 4.50. The second-order valence-corrected chi connectivity index (χ2v) is 6.34. The molecule has 0 aliphatic carbocycles. The number of halogens is 1. The normalized spacial score (nSPS) is 23.7. The number of carbonyl (C=O) groups excluding carboxylic acids is 2. The topological polar surface area (TPSA) is 62.2 Å². The molecule has 0 N–H and O–H groups in total. The molecule has 6 nitrogen and oxygen atoms in total. The molecule has 2 amide bonds. The van der Waals surface area contributed by atoms with Gasteiger partial charge in [0.15, 0.2) is 0 Å². The lowest BCUT2D eigenvalue weighted by atomic mass is 9.94. The van der Waals surface area contributed by atoms with Crippen LogP contribution in [0.15, 0.2) is 29.4 Å². The Labute approximate surface area is 139 Å². The molecular weight excluding hydrogens is 313 g/mol. The van der Waals surface area contributed by atoms with Gasteiger partial charge in [-0.25, -0.2) is 4.39 Å². The molecule has 1 atom stereocenters. The van der Waals surface area contributed by atoms with Gasteiger partial charge in [0.1, 0.15) is 5.82 Å². The summed E-state index contributed by atoms with van der Waals surface area (Å²) in [5.74, 6) is -0.431. The van der Waals surface area contributed by atoms with E-state index < -0.39 is 5.60 Å². The lowest BCUT2D eigenvalue weighted by Crippen LogP contribution is -2.55. The monoisotopic (exact) mass is 333 g/mol. The quantitative estimate of drug-likeness (QED) is 0.822. The van der Waals surface area contributed by atoms with Crippen molar-refractivity contribution in [2.45, 2.75) is 25.9 Å². The van der Waals surface area contributed by atoms with E-state index >= 15 is 0 Å². The van der Waals surface area contributed by atoms with Gasteiger partial charge in [0.2, 0.25) is 11.5 Å². The number of carbonyl (C=O) groups is 2. The first-order chi connectivity index (χ1) is 11.4. The first-order valence-corrected chi connectivity index (χ1v) is 7.95. The molecule has 128 valence electrons. The highest BCUT2D eigenvalue weighted by Gasteiger charge is 2.45. The molecule has 0 unspecified atom stereocenters. The van der Waals surface area contributed by atoms with Crippen LogP contribution in [0.1, 0.15) is 25.8 Å². The Bertz CT molecular complexity index is 681. The number of hydrogen-bond donors (Lipinski definition) is 0. The van der Waals surface area contributed by atoms with E-state index in [-0.39, 0.29) is 17.6 Å². The first-order valence-electron chi connectivity index (χ1n) is 7.95. The molecular formula is C17H20FN3O3. The van der Waals surface area contributed by atoms with Gasteiger partial charge >= 0.3 is 0 Å². The van der Waals surface area contributed by atoms with Crippen LogP contribution < -0.4 is 0 Å². The minimum Gasteiger partial charge on any atom is -0.379 e. The van der Waals surface area contributed by atoms with E-state index in [4.69, 9.17) is 4.84 Å². The van der Waals surface area contributed by atoms with Crippen LogP contribution in [0, 0.1) is 5.82 Å². The van der Waals surface area contributed by atoms with Crippen LogP contribution in [0.3, 0.4) is 0 Å². The molecule has 0 bridgehead atoms. The van der Waals surface area contributed by atoms with E-state index in [1.54, 1.807) is 28.9 Å². The molecule has 2 aliphatic rings. The SMILES string of the molecule is CC(=O)N1CCN(C(=O)[C@@]2(C)CC(c3ccc(F)cc3)=NO2)CC1. The molecule has 0 radical (unpaired) electrons. The van der Waals surface area contributed by atoms with Gasteiger partial charge < -0.3 is 14.6 Å². The van der Waals surface area contributed by atoms with E-state index in [9.17, 15) is 14.0 Å². The minimum atomic E-state index is -1.05. The van der Waals surface area contributed by atoms with Crippen LogP contribution in [0.5, 0.6) is 0 Å². The minimum absolute atomic E-state index is 0.0207. The molecule has 0 spiro atoms. The highest BCUT2D eigenvalue weighted by molar-refractivity contribution is 6.05. The number of nitrogens with zero attached hydrogens (tertiary/aromatic N) is 3. The molecule has 2 heterocycles. The van der Waals surface area contributed by atoms with Gasteiger partial charge in [-0.15, -0.1) is 0 Å². The van der Waals surface area contributed by atoms with Crippen molar-refractivity contribution in [3.8, 4) is 0 Å². The Morgan fingerprint density at radius 1 is 1.12 bits per heavy atom. The van der Waals surface area contributed by atoms with Crippen molar-refractivity contribution in [3.05, 3.63) is 35.6 Å². The number of rotatable bonds is 2. The fourth-order valence-corrected chi connectivity index (χ4v) is 3.01. The third-order valence-electron chi connectivity index (χ3n) is 4.50. The summed E-state index contributed by atoms with van der Waals surface area (Å²) in [5, 5.41) is 4.03. The summed E-state index contributed by atoms with van der Waals surface area (Å²) in [6.07, 6.45) is 0.338. The average Bonchev–Trinajstić information content (AvgIpc) is 2.98. The smallest absolute Gasteiger partial charge is 0.269 e. The Morgan fingerprint density at radius 3 is 2.29 bits per heavy atom. The third kappa shape index (κ3) is 3.11. The van der Waals surface area contributed by atoms with Crippen LogP contribution >= 0.6 is 0 Å². The van der Waals surface area contributed by atoms with E-state index in [1.807, 2.05) is 0 Å². The summed E-state index contributed by atoms with van der Waals surface area (Å²) in [6, 6.07) is 5.96. The van der Waals surface area contributed by atoms with E-state index in [0.29, 0.717) is 38.3 Å². The molecule has 24 heavy (non-hydrogen) atoms. The number of benzene rings is 1. The standard InChI is InChI=1S/C17H20FN3O3/c1-12(22)20-7-9-21(10-8-20)16(23)17(2)11-15(19-24-17)13-3-5-14(18)6-4-13/h3-6H,7-11H2,1-2H3/t17-/m1/s1. The Hall–Kier alpha value is -2.44. The maximum Gasteiger partial charge on any atom is 0.269 e. The fourth-order valence-electron chi connectivity index (χ4n) is 3.01. The molecule has 7 heteroatoms. The van der Waals surface area contributed by atoms with Gasteiger partial charge in [-0.3, -0.25) is 9.59 Å². The zero-order valence-corrected chi connectivity index (χ0v) is 13.8. The summed E-state index contributed by atoms with van der Waals surface area (Å²) in [7, 11) is 0. The van der Waals surface area contributed by atoms with Gasteiger partial charge in [-0.05, 0) is 24.6 Å². The summed E-state index contributed by atoms with van der Waals surface area (Å²) in [5.41, 5.74) is 0.324. The predicted octanol–water partition coefficient (Wildman–Crippen LogP) is 1.40. The zero-order valence-electron chi connectivity index (χ0n) is 13.8. The summed E-state index contributed by atoms with van der Waals surface area (Å²) >= 11 is 0. The Balaban J connectivity index is 1.64. The van der Waals surface area contributed by atoms with Crippen molar-refractivity contribution in [2.75, 3.05) is 26.2 Å². The maximum absolute atomic E-state index is 13.0. The number of hydrogen-bond acceptors (Lipinski definition) is 4. The van der Waals surface area contributed by atoms with Crippen LogP contribution in [-0.2, 0) is 14.4 Å². The molecule has 1 fully saturated rings. The van der Waals surface area contributed by atoms with Crippen molar-refractivity contribution in [2.24, 2.45) is 5.16 Å². The van der Waals surface area contributed by atoms with Gasteiger partial charge in [0.25, 0.3) is 5.91 Å². The highest BCUT2D eigenvalue weighted by Crippen LogP contribution is 2.29. The van der Waals surface area contributed by atoms with Crippen molar-refractivity contribution in [3.63, 3.8) is 0 Å². The predicted molar refractivity (Wildman–Crippen MR) is 85.9 cm³/mol. The lowest BCUT2D eigenvalue weighted by molar-refractivity contribution is -0.156. The lowest BCUT2D eigenvalue weighted by Gasteiger charge is -2.37. The van der Waals surface area contributed by atoms with Gasteiger partial charge in [-0.2, -0.15) is 0 Å². The molecule has 2 aliphatic heterocycles. The van der Waals surface area contributed by atoms with E-state index in [0.717, 1.165) is 5.56 Å². The fraction of sp³-hybridized carbons (Fsp3) is 0.471. The van der Waals surface area contributed by atoms with Crippen molar-refractivity contribution < 1.29 is 18.8 Å². The second kappa shape index (κ2) is 6.22. The number of oxime groups is 1. The Kier molecular flexibility index (Phi) is 4.26. The van der Waals surface area contributed by atoms with Crippen molar-refractivity contribution >= 4 is 17.5 Å². The Morgan fingerprint density at radius 2 is 1.71 bits per heavy atom. The van der Waals surface area contributed by atoms with Crippen molar-refractivity contribution in [1.29, 1.82) is 0 Å². The van der Waals surface area contributed by atoms with Crippen LogP contribution in [-0.4, -0.2) is 59.1 Å². The molecule has 1 aromatic rings. The molecule has 1 saturated heterocycles. The maximum atomic E-state index is 13.0. The van der Waals surface area contributed by atoms with Crippen LogP contribution in [0.25, 0.3) is 0 Å². The van der Waals surface area contributed by atoms with E-state index in [2.05, 4.69) is 5.16 Å². The van der Waals surface area contributed by atoms with Gasteiger partial charge in [0, 0.05) is 39.5 Å². The van der Waals surface area contributed by atoms with E-state index in [1.165, 1.54) is 19.1 Å². The molecule has 0 saturated carbocycles. The average molecular weight is 333 g/mol. The van der Waals surface area contributed by atoms with Gasteiger partial charge in [-0.1, -0.05) is 17.3 Å². The molecule has 1 aromatic carbocycles. The number of piperazine rings is 1. The second-order valence-electron chi connectivity index (χ2n) is 6.34. The van der Waals surface area contributed by atoms with Crippen LogP contribution in [0.2, 0.25) is 0 Å². The molecule has 3 rings (SSSR count). The summed E-state index contributed by atoms with van der Waals surface area (Å²) in [6.45, 7) is 5.28. The first kappa shape index (κ1) is 16.4. The largest absolute Gasteiger partial charge is 0.379 e. The number of amides is 2. The summed E-state index contributed by atoms with van der Waals surface area (Å²) in [4.78, 5) is 33.0. The molecule has 0 aromatic heterocycles. The summed E-state index contributed by atoms with van der Waals surface area (Å²) < 4.78 is 13.0. The van der Waals surface area contributed by atoms with Crippen molar-refractivity contribution in [1.82, 2.24) is 9.80 Å². The van der Waals surface area contributed by atoms with Crippen LogP contribution in [0.4, 0.5) is 4.39 Å². The highest BCUT2D eigenvalue weighted by atomic mass is 19.1. The zero-order chi connectivity index (χ0) is 17.3.